The van der Waals surface area contributed by atoms with Gasteiger partial charge in [-0.3, -0.25) is 10.1 Å². The third kappa shape index (κ3) is 3.31. The fourth-order valence-corrected chi connectivity index (χ4v) is 1.79. The molecule has 1 heterocycles. The lowest BCUT2D eigenvalue weighted by Gasteiger charge is -2.04. The third-order valence-electron chi connectivity index (χ3n) is 2.29. The molecule has 1 aromatic heterocycles. The van der Waals surface area contributed by atoms with Gasteiger partial charge in [-0.15, -0.1) is 0 Å². The van der Waals surface area contributed by atoms with Crippen LogP contribution in [0.1, 0.15) is 10.4 Å². The molecule has 0 spiro atoms. The zero-order valence-corrected chi connectivity index (χ0v) is 12.1. The quantitative estimate of drug-likeness (QED) is 0.275. The summed E-state index contributed by atoms with van der Waals surface area (Å²) in [5, 5.41) is 10.7. The van der Waals surface area contributed by atoms with Crippen molar-refractivity contribution >= 4 is 39.2 Å². The lowest BCUT2D eigenvalue weighted by Crippen LogP contribution is -2.09. The Balaban J connectivity index is 2.14. The molecule has 2 rings (SSSR count). The molecule has 0 N–H and O–H groups in total. The van der Waals surface area contributed by atoms with Crippen LogP contribution >= 0.6 is 27.5 Å². The first-order valence-corrected chi connectivity index (χ1v) is 6.42. The minimum absolute atomic E-state index is 0.0827. The second-order valence-electron chi connectivity index (χ2n) is 3.64. The molecule has 8 heteroatoms. The lowest BCUT2D eigenvalue weighted by molar-refractivity contribution is -0.384. The van der Waals surface area contributed by atoms with Crippen LogP contribution < -0.4 is 4.74 Å². The van der Waals surface area contributed by atoms with Crippen molar-refractivity contribution in [2.24, 2.45) is 0 Å². The monoisotopic (exact) mass is 356 g/mol. The number of pyridine rings is 1. The molecule has 0 radical (unpaired) electrons. The molecule has 102 valence electrons. The van der Waals surface area contributed by atoms with E-state index in [0.717, 1.165) is 0 Å². The van der Waals surface area contributed by atoms with E-state index in [4.69, 9.17) is 16.3 Å². The largest absolute Gasteiger partial charge is 0.423 e. The normalized spacial score (nSPS) is 10.1. The van der Waals surface area contributed by atoms with Crippen LogP contribution in [0.2, 0.25) is 5.15 Å². The molecule has 20 heavy (non-hydrogen) atoms. The third-order valence-corrected chi connectivity index (χ3v) is 3.42. The molecule has 0 atom stereocenters. The minimum Gasteiger partial charge on any atom is -0.423 e. The summed E-state index contributed by atoms with van der Waals surface area (Å²) in [5.74, 6) is -0.435. The first kappa shape index (κ1) is 14.4. The number of rotatable bonds is 3. The van der Waals surface area contributed by atoms with Crippen molar-refractivity contribution in [3.8, 4) is 5.75 Å². The molecule has 0 amide bonds. The van der Waals surface area contributed by atoms with Crippen molar-refractivity contribution in [3.05, 3.63) is 61.8 Å². The standard InChI is InChI=1S/C12H6BrClN2O4/c13-10-5-7(6-15-11(10)14)12(17)20-9-3-1-8(2-4-9)16(18)19/h1-6H. The summed E-state index contributed by atoms with van der Waals surface area (Å²) in [6.45, 7) is 0. The molecule has 2 aromatic rings. The fourth-order valence-electron chi connectivity index (χ4n) is 1.33. The molecule has 0 aliphatic carbocycles. The number of nitro groups is 1. The molecule has 0 fully saturated rings. The molecule has 0 aliphatic rings. The van der Waals surface area contributed by atoms with Gasteiger partial charge in [0.2, 0.25) is 0 Å². The zero-order chi connectivity index (χ0) is 14.7. The highest BCUT2D eigenvalue weighted by molar-refractivity contribution is 9.10. The minimum atomic E-state index is -0.635. The van der Waals surface area contributed by atoms with Crippen molar-refractivity contribution in [1.82, 2.24) is 4.98 Å². The van der Waals surface area contributed by atoms with Crippen molar-refractivity contribution in [3.63, 3.8) is 0 Å². The summed E-state index contributed by atoms with van der Waals surface area (Å²) >= 11 is 8.87. The van der Waals surface area contributed by atoms with E-state index in [9.17, 15) is 14.9 Å². The van der Waals surface area contributed by atoms with Gasteiger partial charge in [0.25, 0.3) is 5.69 Å². The van der Waals surface area contributed by atoms with Crippen molar-refractivity contribution < 1.29 is 14.5 Å². The molecular formula is C12H6BrClN2O4. The Morgan fingerprint density at radius 2 is 2.00 bits per heavy atom. The first-order valence-electron chi connectivity index (χ1n) is 5.25. The number of nitrogens with zero attached hydrogens (tertiary/aromatic N) is 2. The molecule has 0 aliphatic heterocycles. The number of carbonyl (C=O) groups excluding carboxylic acids is 1. The van der Waals surface area contributed by atoms with E-state index in [1.165, 1.54) is 36.5 Å². The maximum Gasteiger partial charge on any atom is 0.345 e. The molecular weight excluding hydrogens is 351 g/mol. The summed E-state index contributed by atoms with van der Waals surface area (Å²) in [6, 6.07) is 6.66. The van der Waals surface area contributed by atoms with Gasteiger partial charge in [-0.25, -0.2) is 9.78 Å². The van der Waals surface area contributed by atoms with Gasteiger partial charge in [-0.1, -0.05) is 11.6 Å². The second kappa shape index (κ2) is 5.98. The number of ether oxygens (including phenoxy) is 1. The number of nitro benzene ring substituents is 1. The predicted molar refractivity (Wildman–Crippen MR) is 75.0 cm³/mol. The Hall–Kier alpha value is -1.99. The number of carbonyl (C=O) groups is 1. The van der Waals surface area contributed by atoms with Crippen LogP contribution in [0.5, 0.6) is 5.75 Å². The summed E-state index contributed by atoms with van der Waals surface area (Å²) < 4.78 is 5.53. The topological polar surface area (TPSA) is 82.3 Å². The average Bonchev–Trinajstić information content (AvgIpc) is 2.42. The van der Waals surface area contributed by atoms with Gasteiger partial charge in [0.05, 0.1) is 15.0 Å². The molecule has 0 unspecified atom stereocenters. The summed E-state index contributed by atoms with van der Waals surface area (Å²) in [7, 11) is 0. The van der Waals surface area contributed by atoms with Gasteiger partial charge in [0, 0.05) is 18.3 Å². The lowest BCUT2D eigenvalue weighted by atomic mass is 10.3. The maximum absolute atomic E-state index is 11.8. The highest BCUT2D eigenvalue weighted by Crippen LogP contribution is 2.22. The first-order chi connectivity index (χ1) is 9.47. The number of halogens is 2. The van der Waals surface area contributed by atoms with E-state index in [-0.39, 0.29) is 22.2 Å². The Bertz CT molecular complexity index is 676. The van der Waals surface area contributed by atoms with Crippen LogP contribution in [0.3, 0.4) is 0 Å². The fraction of sp³-hybridized carbons (Fsp3) is 0. The Labute approximate surface area is 126 Å². The van der Waals surface area contributed by atoms with Gasteiger partial charge in [0.1, 0.15) is 10.9 Å². The number of esters is 1. The number of non-ortho nitro benzene ring substituents is 1. The van der Waals surface area contributed by atoms with Crippen molar-refractivity contribution in [2.45, 2.75) is 0 Å². The molecule has 6 nitrogen and oxygen atoms in total. The van der Waals surface area contributed by atoms with Gasteiger partial charge in [-0.2, -0.15) is 0 Å². The molecule has 0 saturated carbocycles. The number of aromatic nitrogens is 1. The smallest absolute Gasteiger partial charge is 0.345 e. The van der Waals surface area contributed by atoms with Gasteiger partial charge >= 0.3 is 5.97 Å². The highest BCUT2D eigenvalue weighted by atomic mass is 79.9. The second-order valence-corrected chi connectivity index (χ2v) is 4.85. The molecule has 1 aromatic carbocycles. The van der Waals surface area contributed by atoms with E-state index < -0.39 is 10.9 Å². The summed E-state index contributed by atoms with van der Waals surface area (Å²) in [5.41, 5.74) is 0.125. The zero-order valence-electron chi connectivity index (χ0n) is 9.75. The van der Waals surface area contributed by atoms with Crippen LogP contribution in [0.4, 0.5) is 5.69 Å². The average molecular weight is 358 g/mol. The van der Waals surface area contributed by atoms with Crippen LogP contribution in [-0.2, 0) is 0 Å². The van der Waals surface area contributed by atoms with Gasteiger partial charge in [-0.05, 0) is 34.1 Å². The summed E-state index contributed by atoms with van der Waals surface area (Å²) in [4.78, 5) is 25.6. The highest BCUT2D eigenvalue weighted by Gasteiger charge is 2.12. The Morgan fingerprint density at radius 3 is 2.55 bits per heavy atom. The van der Waals surface area contributed by atoms with Crippen molar-refractivity contribution in [1.29, 1.82) is 0 Å². The number of benzene rings is 1. The van der Waals surface area contributed by atoms with E-state index >= 15 is 0 Å². The predicted octanol–water partition coefficient (Wildman–Crippen LogP) is 3.62. The van der Waals surface area contributed by atoms with E-state index in [2.05, 4.69) is 20.9 Å². The van der Waals surface area contributed by atoms with E-state index in [1.54, 1.807) is 0 Å². The number of hydrogen-bond acceptors (Lipinski definition) is 5. The molecule has 0 bridgehead atoms. The maximum atomic E-state index is 11.8. The van der Waals surface area contributed by atoms with Crippen LogP contribution in [-0.4, -0.2) is 15.9 Å². The molecule has 0 saturated heterocycles. The van der Waals surface area contributed by atoms with Crippen LogP contribution in [0.15, 0.2) is 41.0 Å². The van der Waals surface area contributed by atoms with E-state index in [0.29, 0.717) is 4.47 Å². The Morgan fingerprint density at radius 1 is 1.35 bits per heavy atom. The number of hydrogen-bond donors (Lipinski definition) is 0. The van der Waals surface area contributed by atoms with Gasteiger partial charge in [0.15, 0.2) is 0 Å². The van der Waals surface area contributed by atoms with Gasteiger partial charge < -0.3 is 4.74 Å². The van der Waals surface area contributed by atoms with Crippen molar-refractivity contribution in [2.75, 3.05) is 0 Å². The van der Waals surface area contributed by atoms with E-state index in [1.807, 2.05) is 0 Å². The van der Waals surface area contributed by atoms with Crippen LogP contribution in [0, 0.1) is 10.1 Å². The SMILES string of the molecule is O=C(Oc1ccc([N+](=O)[O-])cc1)c1cnc(Cl)c(Br)c1. The Kier molecular flexibility index (Phi) is 4.31. The van der Waals surface area contributed by atoms with Crippen LogP contribution in [0.25, 0.3) is 0 Å². The summed E-state index contributed by atoms with van der Waals surface area (Å²) in [6.07, 6.45) is 1.28.